The predicted octanol–water partition coefficient (Wildman–Crippen LogP) is 2.64. The predicted molar refractivity (Wildman–Crippen MR) is 88.6 cm³/mol. The largest absolute Gasteiger partial charge is 0.353 e. The van der Waals surface area contributed by atoms with Crippen LogP contribution in [0.4, 0.5) is 0 Å². The highest BCUT2D eigenvalue weighted by atomic mass is 16.2. The van der Waals surface area contributed by atoms with Crippen LogP contribution in [-0.2, 0) is 9.59 Å². The van der Waals surface area contributed by atoms with Crippen molar-refractivity contribution in [1.82, 2.24) is 10.2 Å². The van der Waals surface area contributed by atoms with E-state index >= 15 is 0 Å². The summed E-state index contributed by atoms with van der Waals surface area (Å²) in [6, 6.07) is 0.353. The molecule has 1 heterocycles. The van der Waals surface area contributed by atoms with Crippen molar-refractivity contribution >= 4 is 11.8 Å². The Labute approximate surface area is 138 Å². The molecule has 1 saturated heterocycles. The summed E-state index contributed by atoms with van der Waals surface area (Å²) in [6.45, 7) is 3.94. The van der Waals surface area contributed by atoms with Gasteiger partial charge in [-0.15, -0.1) is 0 Å². The van der Waals surface area contributed by atoms with Gasteiger partial charge in [0.15, 0.2) is 0 Å². The van der Waals surface area contributed by atoms with E-state index in [1.165, 1.54) is 0 Å². The van der Waals surface area contributed by atoms with E-state index in [0.717, 1.165) is 64.5 Å². The molecule has 0 radical (unpaired) electrons. The molecule has 4 rings (SSSR count). The smallest absolute Gasteiger partial charge is 0.228 e. The Hall–Kier alpha value is -1.32. The van der Waals surface area contributed by atoms with Crippen LogP contribution < -0.4 is 5.32 Å². The normalized spacial score (nSPS) is 39.3. The van der Waals surface area contributed by atoms with Gasteiger partial charge in [-0.25, -0.2) is 0 Å². The van der Waals surface area contributed by atoms with Crippen LogP contribution in [0.25, 0.3) is 0 Å². The maximum atomic E-state index is 12.9. The molecule has 23 heavy (non-hydrogen) atoms. The Morgan fingerprint density at radius 2 is 1.96 bits per heavy atom. The van der Waals surface area contributed by atoms with E-state index in [9.17, 15) is 9.59 Å². The zero-order valence-electron chi connectivity index (χ0n) is 14.1. The van der Waals surface area contributed by atoms with E-state index in [0.29, 0.717) is 17.9 Å². The van der Waals surface area contributed by atoms with Crippen LogP contribution in [0.3, 0.4) is 0 Å². The molecule has 4 nitrogen and oxygen atoms in total. The van der Waals surface area contributed by atoms with Crippen molar-refractivity contribution in [2.45, 2.75) is 64.3 Å². The first-order chi connectivity index (χ1) is 11.0. The summed E-state index contributed by atoms with van der Waals surface area (Å²) >= 11 is 0. The third-order valence-electron chi connectivity index (χ3n) is 6.49. The second-order valence-corrected chi connectivity index (χ2v) is 8.64. The quantitative estimate of drug-likeness (QED) is 0.814. The summed E-state index contributed by atoms with van der Waals surface area (Å²) in [6.07, 6.45) is 12.6. The molecular weight excluding hydrogens is 288 g/mol. The van der Waals surface area contributed by atoms with Crippen LogP contribution in [-0.4, -0.2) is 35.8 Å². The molecule has 4 aliphatic rings. The molecule has 0 aromatic rings. The highest BCUT2D eigenvalue weighted by Gasteiger charge is 2.51. The minimum atomic E-state index is -0.191. The summed E-state index contributed by atoms with van der Waals surface area (Å²) in [5.74, 6) is 0.911. The van der Waals surface area contributed by atoms with Crippen molar-refractivity contribution in [3.05, 3.63) is 12.2 Å². The molecule has 1 spiro atoms. The molecule has 0 bridgehead atoms. The number of amides is 2. The van der Waals surface area contributed by atoms with Gasteiger partial charge < -0.3 is 10.2 Å². The maximum Gasteiger partial charge on any atom is 0.228 e. The van der Waals surface area contributed by atoms with Crippen molar-refractivity contribution in [1.29, 1.82) is 0 Å². The van der Waals surface area contributed by atoms with Gasteiger partial charge in [-0.3, -0.25) is 9.59 Å². The van der Waals surface area contributed by atoms with Gasteiger partial charge in [0, 0.05) is 25.0 Å². The molecule has 2 amide bonds. The SMILES string of the molecule is CC1(C(=O)N2CCC3(CC(NC(=O)C4CC4)C3)C2)CC=CCC1. The van der Waals surface area contributed by atoms with Crippen molar-refractivity contribution in [3.8, 4) is 0 Å². The van der Waals surface area contributed by atoms with Crippen LogP contribution in [0.15, 0.2) is 12.2 Å². The van der Waals surface area contributed by atoms with Gasteiger partial charge in [0.25, 0.3) is 0 Å². The lowest BCUT2D eigenvalue weighted by molar-refractivity contribution is -0.141. The fourth-order valence-corrected chi connectivity index (χ4v) is 4.74. The second kappa shape index (κ2) is 5.35. The third kappa shape index (κ3) is 2.81. The highest BCUT2D eigenvalue weighted by Crippen LogP contribution is 2.49. The lowest BCUT2D eigenvalue weighted by atomic mass is 9.65. The summed E-state index contributed by atoms with van der Waals surface area (Å²) in [7, 11) is 0. The number of likely N-dealkylation sites (tertiary alicyclic amines) is 1. The summed E-state index contributed by atoms with van der Waals surface area (Å²) in [4.78, 5) is 26.9. The topological polar surface area (TPSA) is 49.4 Å². The minimum absolute atomic E-state index is 0.191. The Morgan fingerprint density at radius 1 is 1.17 bits per heavy atom. The number of rotatable bonds is 3. The zero-order chi connectivity index (χ0) is 16.1. The van der Waals surface area contributed by atoms with E-state index in [-0.39, 0.29) is 16.7 Å². The molecule has 4 heteroatoms. The Kier molecular flexibility index (Phi) is 3.54. The van der Waals surface area contributed by atoms with Crippen molar-refractivity contribution in [3.63, 3.8) is 0 Å². The van der Waals surface area contributed by atoms with Gasteiger partial charge in [0.2, 0.25) is 11.8 Å². The van der Waals surface area contributed by atoms with Crippen molar-refractivity contribution in [2.24, 2.45) is 16.7 Å². The number of hydrogen-bond acceptors (Lipinski definition) is 2. The Balaban J connectivity index is 1.30. The van der Waals surface area contributed by atoms with Crippen LogP contribution in [0, 0.1) is 16.7 Å². The average Bonchev–Trinajstić information content (AvgIpc) is 3.27. The van der Waals surface area contributed by atoms with E-state index in [1.807, 2.05) is 0 Å². The second-order valence-electron chi connectivity index (χ2n) is 8.64. The number of nitrogens with one attached hydrogen (secondary N) is 1. The molecule has 3 aliphatic carbocycles. The lowest BCUT2D eigenvalue weighted by Gasteiger charge is -2.45. The molecule has 1 aliphatic heterocycles. The fourth-order valence-electron chi connectivity index (χ4n) is 4.74. The monoisotopic (exact) mass is 316 g/mol. The maximum absolute atomic E-state index is 12.9. The zero-order valence-corrected chi connectivity index (χ0v) is 14.1. The molecule has 126 valence electrons. The Morgan fingerprint density at radius 3 is 2.61 bits per heavy atom. The molecule has 1 unspecified atom stereocenters. The van der Waals surface area contributed by atoms with Crippen LogP contribution >= 0.6 is 0 Å². The standard InChI is InChI=1S/C19H28N2O2/c1-18(7-3-2-4-8-18)17(23)21-10-9-19(13-21)11-15(12-19)20-16(22)14-5-6-14/h2-3,14-15H,4-13H2,1H3,(H,20,22). The molecule has 0 aromatic heterocycles. The fraction of sp³-hybridized carbons (Fsp3) is 0.789. The molecular formula is C19H28N2O2. The van der Waals surface area contributed by atoms with Gasteiger partial charge in [0.1, 0.15) is 0 Å². The highest BCUT2D eigenvalue weighted by molar-refractivity contribution is 5.83. The first-order valence-electron chi connectivity index (χ1n) is 9.25. The van der Waals surface area contributed by atoms with Crippen LogP contribution in [0.5, 0.6) is 0 Å². The molecule has 1 atom stereocenters. The van der Waals surface area contributed by atoms with E-state index < -0.39 is 0 Å². The van der Waals surface area contributed by atoms with Gasteiger partial charge in [-0.2, -0.15) is 0 Å². The molecule has 1 N–H and O–H groups in total. The van der Waals surface area contributed by atoms with Crippen molar-refractivity contribution in [2.75, 3.05) is 13.1 Å². The molecule has 2 saturated carbocycles. The van der Waals surface area contributed by atoms with Gasteiger partial charge in [-0.1, -0.05) is 19.1 Å². The summed E-state index contributed by atoms with van der Waals surface area (Å²) < 4.78 is 0. The van der Waals surface area contributed by atoms with Gasteiger partial charge >= 0.3 is 0 Å². The molecule has 0 aromatic carbocycles. The summed E-state index contributed by atoms with van der Waals surface area (Å²) in [5, 5.41) is 3.19. The van der Waals surface area contributed by atoms with E-state index in [1.54, 1.807) is 0 Å². The van der Waals surface area contributed by atoms with Crippen LogP contribution in [0.1, 0.15) is 58.3 Å². The van der Waals surface area contributed by atoms with Crippen molar-refractivity contribution < 1.29 is 9.59 Å². The average molecular weight is 316 g/mol. The number of carbonyl (C=O) groups is 2. The minimum Gasteiger partial charge on any atom is -0.353 e. The first-order valence-corrected chi connectivity index (χ1v) is 9.25. The first kappa shape index (κ1) is 15.2. The van der Waals surface area contributed by atoms with E-state index in [4.69, 9.17) is 0 Å². The Bertz CT molecular complexity index is 546. The lowest BCUT2D eigenvalue weighted by Crippen LogP contribution is -2.53. The summed E-state index contributed by atoms with van der Waals surface area (Å²) in [5.41, 5.74) is 0.0989. The van der Waals surface area contributed by atoms with Crippen LogP contribution in [0.2, 0.25) is 0 Å². The number of carbonyl (C=O) groups excluding carboxylic acids is 2. The van der Waals surface area contributed by atoms with Gasteiger partial charge in [0.05, 0.1) is 5.41 Å². The number of allylic oxidation sites excluding steroid dienone is 2. The van der Waals surface area contributed by atoms with Gasteiger partial charge in [-0.05, 0) is 56.8 Å². The number of nitrogens with zero attached hydrogens (tertiary/aromatic N) is 1. The molecule has 3 fully saturated rings. The number of hydrogen-bond donors (Lipinski definition) is 1. The van der Waals surface area contributed by atoms with E-state index in [2.05, 4.69) is 29.3 Å². The third-order valence-corrected chi connectivity index (χ3v) is 6.49.